The predicted octanol–water partition coefficient (Wildman–Crippen LogP) is 1.39. The van der Waals surface area contributed by atoms with Gasteiger partial charge in [0.2, 0.25) is 0 Å². The van der Waals surface area contributed by atoms with Gasteiger partial charge in [-0.15, -0.1) is 0 Å². The molecule has 0 bridgehead atoms. The van der Waals surface area contributed by atoms with Crippen molar-refractivity contribution >= 4 is 5.91 Å². The normalized spacial score (nSPS) is 19.6. The van der Waals surface area contributed by atoms with Crippen LogP contribution in [0.15, 0.2) is 18.2 Å². The van der Waals surface area contributed by atoms with Gasteiger partial charge in [0.05, 0.1) is 11.7 Å². The summed E-state index contributed by atoms with van der Waals surface area (Å²) in [6, 6.07) is 3.55. The van der Waals surface area contributed by atoms with Crippen LogP contribution in [-0.2, 0) is 4.74 Å². The summed E-state index contributed by atoms with van der Waals surface area (Å²) in [6.45, 7) is 1.05. The molecule has 0 saturated carbocycles. The Balaban J connectivity index is 2.15. The number of methoxy groups -OCH3 is 1. The van der Waals surface area contributed by atoms with Crippen molar-refractivity contribution in [1.29, 1.82) is 0 Å². The fourth-order valence-electron chi connectivity index (χ4n) is 1.95. The van der Waals surface area contributed by atoms with Crippen LogP contribution in [0.4, 0.5) is 4.39 Å². The molecule has 0 aromatic heterocycles. The minimum Gasteiger partial charge on any atom is -0.508 e. The number of phenolic OH excluding ortho intramolecular Hbond substituents is 1. The Kier molecular flexibility index (Phi) is 3.28. The third-order valence-electron chi connectivity index (χ3n) is 2.95. The lowest BCUT2D eigenvalue weighted by molar-refractivity contribution is 0.0720. The first-order valence-corrected chi connectivity index (χ1v) is 5.42. The monoisotopic (exact) mass is 239 g/mol. The fraction of sp³-hybridized carbons (Fsp3) is 0.417. The molecule has 17 heavy (non-hydrogen) atoms. The summed E-state index contributed by atoms with van der Waals surface area (Å²) in [5.41, 5.74) is -0.0143. The number of rotatable bonds is 2. The van der Waals surface area contributed by atoms with Gasteiger partial charge in [0, 0.05) is 26.3 Å². The first-order valence-electron chi connectivity index (χ1n) is 5.42. The number of carbonyl (C=O) groups excluding carboxylic acids is 1. The van der Waals surface area contributed by atoms with Crippen molar-refractivity contribution in [2.24, 2.45) is 0 Å². The van der Waals surface area contributed by atoms with Crippen molar-refractivity contribution < 1.29 is 19.0 Å². The third kappa shape index (κ3) is 2.39. The zero-order chi connectivity index (χ0) is 12.4. The highest BCUT2D eigenvalue weighted by atomic mass is 19.1. The van der Waals surface area contributed by atoms with E-state index in [4.69, 9.17) is 9.84 Å². The fourth-order valence-corrected chi connectivity index (χ4v) is 1.95. The van der Waals surface area contributed by atoms with Gasteiger partial charge in [0.15, 0.2) is 0 Å². The summed E-state index contributed by atoms with van der Waals surface area (Å²) in [7, 11) is 1.60. The van der Waals surface area contributed by atoms with E-state index in [1.54, 1.807) is 12.0 Å². The van der Waals surface area contributed by atoms with Gasteiger partial charge in [-0.3, -0.25) is 4.79 Å². The summed E-state index contributed by atoms with van der Waals surface area (Å²) in [6.07, 6.45) is 0.793. The van der Waals surface area contributed by atoms with Gasteiger partial charge < -0.3 is 14.7 Å². The maximum absolute atomic E-state index is 13.5. The number of halogens is 1. The molecule has 92 valence electrons. The second-order valence-corrected chi connectivity index (χ2v) is 4.06. The quantitative estimate of drug-likeness (QED) is 0.848. The lowest BCUT2D eigenvalue weighted by atomic mass is 10.2. The average molecular weight is 239 g/mol. The summed E-state index contributed by atoms with van der Waals surface area (Å²) in [5.74, 6) is -1.24. The van der Waals surface area contributed by atoms with E-state index in [1.165, 1.54) is 12.1 Å². The molecule has 1 saturated heterocycles. The van der Waals surface area contributed by atoms with Crippen molar-refractivity contribution in [1.82, 2.24) is 4.90 Å². The number of ether oxygens (including phenoxy) is 1. The van der Waals surface area contributed by atoms with Gasteiger partial charge in [0.25, 0.3) is 5.91 Å². The number of phenols is 1. The number of hydrogen-bond acceptors (Lipinski definition) is 3. The van der Waals surface area contributed by atoms with Crippen LogP contribution in [0.3, 0.4) is 0 Å². The van der Waals surface area contributed by atoms with Gasteiger partial charge in [0.1, 0.15) is 11.6 Å². The summed E-state index contributed by atoms with van der Waals surface area (Å²) in [4.78, 5) is 13.5. The average Bonchev–Trinajstić information content (AvgIpc) is 2.76. The van der Waals surface area contributed by atoms with Crippen molar-refractivity contribution in [3.05, 3.63) is 29.6 Å². The number of aromatic hydroxyl groups is 1. The zero-order valence-corrected chi connectivity index (χ0v) is 9.52. The van der Waals surface area contributed by atoms with Crippen LogP contribution in [-0.4, -0.2) is 42.2 Å². The number of likely N-dealkylation sites (tertiary alicyclic amines) is 1. The minimum atomic E-state index is -0.698. The van der Waals surface area contributed by atoms with Gasteiger partial charge in [-0.25, -0.2) is 4.39 Å². The van der Waals surface area contributed by atoms with E-state index in [-0.39, 0.29) is 23.3 Å². The SMILES string of the molecule is COC1CCN(C(=O)c2ccc(O)cc2F)C1. The number of benzene rings is 1. The minimum absolute atomic E-state index is 0.0143. The first-order chi connectivity index (χ1) is 8.11. The number of nitrogens with zero attached hydrogens (tertiary/aromatic N) is 1. The molecule has 2 rings (SSSR count). The van der Waals surface area contributed by atoms with Crippen LogP contribution in [0.2, 0.25) is 0 Å². The Morgan fingerprint density at radius 1 is 1.59 bits per heavy atom. The molecule has 0 spiro atoms. The molecule has 1 atom stereocenters. The number of amides is 1. The van der Waals surface area contributed by atoms with E-state index in [0.29, 0.717) is 13.1 Å². The molecule has 0 radical (unpaired) electrons. The standard InChI is InChI=1S/C12H14FNO3/c1-17-9-4-5-14(7-9)12(16)10-3-2-8(15)6-11(10)13/h2-3,6,9,15H,4-5,7H2,1H3. The van der Waals surface area contributed by atoms with Crippen molar-refractivity contribution in [2.45, 2.75) is 12.5 Å². The van der Waals surface area contributed by atoms with Gasteiger partial charge in [-0.05, 0) is 18.6 Å². The van der Waals surface area contributed by atoms with Crippen LogP contribution in [0.25, 0.3) is 0 Å². The molecule has 1 amide bonds. The van der Waals surface area contributed by atoms with E-state index in [0.717, 1.165) is 12.5 Å². The molecule has 4 nitrogen and oxygen atoms in total. The Morgan fingerprint density at radius 2 is 2.35 bits per heavy atom. The molecule has 1 fully saturated rings. The maximum Gasteiger partial charge on any atom is 0.256 e. The molecule has 1 unspecified atom stereocenters. The highest BCUT2D eigenvalue weighted by molar-refractivity contribution is 5.94. The summed E-state index contributed by atoms with van der Waals surface area (Å²) in [5, 5.41) is 9.08. The molecule has 1 aliphatic rings. The van der Waals surface area contributed by atoms with Gasteiger partial charge >= 0.3 is 0 Å². The molecule has 1 N–H and O–H groups in total. The number of hydrogen-bond donors (Lipinski definition) is 1. The van der Waals surface area contributed by atoms with E-state index >= 15 is 0 Å². The number of carbonyl (C=O) groups is 1. The molecule has 5 heteroatoms. The van der Waals surface area contributed by atoms with Crippen molar-refractivity contribution in [3.8, 4) is 5.75 Å². The maximum atomic E-state index is 13.5. The van der Waals surface area contributed by atoms with E-state index in [9.17, 15) is 9.18 Å². The van der Waals surface area contributed by atoms with Crippen LogP contribution < -0.4 is 0 Å². The molecule has 1 aromatic carbocycles. The predicted molar refractivity (Wildman–Crippen MR) is 59.4 cm³/mol. The third-order valence-corrected chi connectivity index (χ3v) is 2.95. The Hall–Kier alpha value is -1.62. The molecule has 1 aromatic rings. The highest BCUT2D eigenvalue weighted by Crippen LogP contribution is 2.20. The van der Waals surface area contributed by atoms with Gasteiger partial charge in [-0.1, -0.05) is 0 Å². The first kappa shape index (κ1) is 11.9. The lowest BCUT2D eigenvalue weighted by Crippen LogP contribution is -2.30. The molecule has 1 aliphatic heterocycles. The Morgan fingerprint density at radius 3 is 2.94 bits per heavy atom. The smallest absolute Gasteiger partial charge is 0.256 e. The lowest BCUT2D eigenvalue weighted by Gasteiger charge is -2.16. The van der Waals surface area contributed by atoms with E-state index in [2.05, 4.69) is 0 Å². The molecule has 0 aliphatic carbocycles. The Bertz CT molecular complexity index is 436. The van der Waals surface area contributed by atoms with Crippen molar-refractivity contribution in [3.63, 3.8) is 0 Å². The van der Waals surface area contributed by atoms with E-state index in [1.807, 2.05) is 0 Å². The molecule has 1 heterocycles. The van der Waals surface area contributed by atoms with E-state index < -0.39 is 5.82 Å². The second kappa shape index (κ2) is 4.71. The molecular formula is C12H14FNO3. The van der Waals surface area contributed by atoms with Crippen LogP contribution in [0.1, 0.15) is 16.8 Å². The van der Waals surface area contributed by atoms with Crippen LogP contribution >= 0.6 is 0 Å². The Labute approximate surface area is 98.6 Å². The largest absolute Gasteiger partial charge is 0.508 e. The second-order valence-electron chi connectivity index (χ2n) is 4.06. The summed E-state index contributed by atoms with van der Waals surface area (Å²) < 4.78 is 18.6. The highest BCUT2D eigenvalue weighted by Gasteiger charge is 2.28. The van der Waals surface area contributed by atoms with Crippen LogP contribution in [0, 0.1) is 5.82 Å². The molecular weight excluding hydrogens is 225 g/mol. The zero-order valence-electron chi connectivity index (χ0n) is 9.52. The van der Waals surface area contributed by atoms with Gasteiger partial charge in [-0.2, -0.15) is 0 Å². The van der Waals surface area contributed by atoms with Crippen LogP contribution in [0.5, 0.6) is 5.75 Å². The van der Waals surface area contributed by atoms with Crippen molar-refractivity contribution in [2.75, 3.05) is 20.2 Å². The summed E-state index contributed by atoms with van der Waals surface area (Å²) >= 11 is 0. The topological polar surface area (TPSA) is 49.8 Å².